The van der Waals surface area contributed by atoms with Crippen molar-refractivity contribution in [2.24, 2.45) is 0 Å². The lowest BCUT2D eigenvalue weighted by Crippen LogP contribution is -1.94. The summed E-state index contributed by atoms with van der Waals surface area (Å²) >= 11 is 0. The number of aromatic nitrogens is 1. The van der Waals surface area contributed by atoms with Crippen molar-refractivity contribution in [1.29, 1.82) is 0 Å². The van der Waals surface area contributed by atoms with E-state index in [1.165, 1.54) is 24.3 Å². The molecule has 2 N–H and O–H groups in total. The molecule has 23 heavy (non-hydrogen) atoms. The smallest absolute Gasteiger partial charge is 0.335 e. The van der Waals surface area contributed by atoms with Crippen molar-refractivity contribution in [1.82, 2.24) is 5.16 Å². The van der Waals surface area contributed by atoms with Gasteiger partial charge in [0.15, 0.2) is 5.76 Å². The second kappa shape index (κ2) is 5.76. The zero-order chi connectivity index (χ0) is 16.4. The highest BCUT2D eigenvalue weighted by Crippen LogP contribution is 2.26. The molecule has 1 aromatic heterocycles. The van der Waals surface area contributed by atoms with Crippen LogP contribution >= 0.6 is 0 Å². The van der Waals surface area contributed by atoms with Crippen LogP contribution in [-0.2, 0) is 0 Å². The highest BCUT2D eigenvalue weighted by atomic mass is 16.5. The normalized spacial score (nSPS) is 10.4. The molecule has 0 aliphatic heterocycles. The fourth-order valence-corrected chi connectivity index (χ4v) is 2.11. The van der Waals surface area contributed by atoms with Crippen molar-refractivity contribution in [2.75, 3.05) is 0 Å². The maximum Gasteiger partial charge on any atom is 0.335 e. The molecule has 0 atom stereocenters. The first kappa shape index (κ1) is 14.5. The van der Waals surface area contributed by atoms with Crippen molar-refractivity contribution < 1.29 is 24.3 Å². The van der Waals surface area contributed by atoms with Crippen molar-refractivity contribution >= 4 is 11.9 Å². The number of carbonyl (C=O) groups is 2. The first-order chi connectivity index (χ1) is 11.0. The molecule has 0 bridgehead atoms. The van der Waals surface area contributed by atoms with Gasteiger partial charge in [0.05, 0.1) is 11.1 Å². The van der Waals surface area contributed by atoms with Crippen LogP contribution in [0.15, 0.2) is 59.1 Å². The topological polar surface area (TPSA) is 101 Å². The Morgan fingerprint density at radius 3 is 1.74 bits per heavy atom. The van der Waals surface area contributed by atoms with E-state index >= 15 is 0 Å². The number of rotatable bonds is 4. The Hall–Kier alpha value is -3.41. The van der Waals surface area contributed by atoms with E-state index in [2.05, 4.69) is 5.16 Å². The van der Waals surface area contributed by atoms with Crippen molar-refractivity contribution in [2.45, 2.75) is 0 Å². The van der Waals surface area contributed by atoms with Crippen LogP contribution in [0.25, 0.3) is 22.6 Å². The van der Waals surface area contributed by atoms with E-state index in [9.17, 15) is 9.59 Å². The zero-order valence-electron chi connectivity index (χ0n) is 11.8. The molecule has 6 heteroatoms. The van der Waals surface area contributed by atoms with Gasteiger partial charge in [0.1, 0.15) is 5.69 Å². The summed E-state index contributed by atoms with van der Waals surface area (Å²) in [6.07, 6.45) is 0. The highest BCUT2D eigenvalue weighted by Gasteiger charge is 2.10. The Balaban J connectivity index is 1.87. The summed E-state index contributed by atoms with van der Waals surface area (Å²) in [4.78, 5) is 21.7. The number of carboxylic acid groups (broad SMARTS) is 2. The van der Waals surface area contributed by atoms with Crippen molar-refractivity contribution in [3.05, 3.63) is 65.7 Å². The molecule has 6 nitrogen and oxygen atoms in total. The van der Waals surface area contributed by atoms with E-state index < -0.39 is 11.9 Å². The van der Waals surface area contributed by atoms with Crippen molar-refractivity contribution in [3.63, 3.8) is 0 Å². The predicted octanol–water partition coefficient (Wildman–Crippen LogP) is 3.41. The van der Waals surface area contributed by atoms with Gasteiger partial charge in [-0.3, -0.25) is 0 Å². The summed E-state index contributed by atoms with van der Waals surface area (Å²) in [5.74, 6) is -1.48. The average molecular weight is 309 g/mol. The third kappa shape index (κ3) is 2.96. The van der Waals surface area contributed by atoms with E-state index in [0.29, 0.717) is 17.0 Å². The molecule has 3 rings (SSSR count). The van der Waals surface area contributed by atoms with Gasteiger partial charge in [0.25, 0.3) is 0 Å². The molecule has 0 aliphatic rings. The molecular formula is C17H11NO5. The zero-order valence-corrected chi connectivity index (χ0v) is 11.8. The van der Waals surface area contributed by atoms with E-state index in [4.69, 9.17) is 14.7 Å². The molecular weight excluding hydrogens is 298 g/mol. The Morgan fingerprint density at radius 2 is 1.26 bits per heavy atom. The minimum Gasteiger partial charge on any atom is -0.478 e. The van der Waals surface area contributed by atoms with E-state index in [-0.39, 0.29) is 11.1 Å². The Kier molecular flexibility index (Phi) is 3.64. The lowest BCUT2D eigenvalue weighted by atomic mass is 10.1. The van der Waals surface area contributed by atoms with Crippen LogP contribution < -0.4 is 0 Å². The molecule has 0 amide bonds. The molecule has 0 saturated heterocycles. The van der Waals surface area contributed by atoms with E-state index in [0.717, 1.165) is 5.56 Å². The van der Waals surface area contributed by atoms with Gasteiger partial charge in [0, 0.05) is 17.2 Å². The third-order valence-electron chi connectivity index (χ3n) is 3.35. The lowest BCUT2D eigenvalue weighted by molar-refractivity contribution is 0.0686. The first-order valence-electron chi connectivity index (χ1n) is 6.69. The van der Waals surface area contributed by atoms with Gasteiger partial charge in [-0.1, -0.05) is 29.4 Å². The number of carboxylic acids is 2. The van der Waals surface area contributed by atoms with Crippen LogP contribution in [0, 0.1) is 0 Å². The molecule has 3 aromatic rings. The monoisotopic (exact) mass is 309 g/mol. The van der Waals surface area contributed by atoms with Crippen LogP contribution in [0.3, 0.4) is 0 Å². The number of benzene rings is 2. The predicted molar refractivity (Wildman–Crippen MR) is 81.3 cm³/mol. The average Bonchev–Trinajstić information content (AvgIpc) is 3.05. The fourth-order valence-electron chi connectivity index (χ4n) is 2.11. The fraction of sp³-hybridized carbons (Fsp3) is 0. The van der Waals surface area contributed by atoms with Gasteiger partial charge in [-0.2, -0.15) is 0 Å². The first-order valence-corrected chi connectivity index (χ1v) is 6.69. The third-order valence-corrected chi connectivity index (χ3v) is 3.35. The van der Waals surface area contributed by atoms with Crippen molar-refractivity contribution in [3.8, 4) is 22.6 Å². The van der Waals surface area contributed by atoms with Crippen LogP contribution in [-0.4, -0.2) is 27.3 Å². The number of aromatic carboxylic acids is 2. The molecule has 0 unspecified atom stereocenters. The molecule has 2 aromatic carbocycles. The van der Waals surface area contributed by atoms with E-state index in [1.54, 1.807) is 30.3 Å². The molecule has 0 aliphatic carbocycles. The van der Waals surface area contributed by atoms with Gasteiger partial charge in [-0.25, -0.2) is 9.59 Å². The molecule has 0 fully saturated rings. The van der Waals surface area contributed by atoms with Gasteiger partial charge in [-0.15, -0.1) is 0 Å². The molecule has 0 spiro atoms. The summed E-state index contributed by atoms with van der Waals surface area (Å²) in [6.45, 7) is 0. The molecule has 1 heterocycles. The Morgan fingerprint density at radius 1 is 0.783 bits per heavy atom. The number of hydrogen-bond donors (Lipinski definition) is 2. The van der Waals surface area contributed by atoms with Gasteiger partial charge >= 0.3 is 11.9 Å². The molecule has 0 radical (unpaired) electrons. The van der Waals surface area contributed by atoms with Crippen LogP contribution in [0.2, 0.25) is 0 Å². The van der Waals surface area contributed by atoms with Crippen LogP contribution in [0.5, 0.6) is 0 Å². The minimum absolute atomic E-state index is 0.192. The molecule has 114 valence electrons. The summed E-state index contributed by atoms with van der Waals surface area (Å²) in [6, 6.07) is 14.3. The standard InChI is InChI=1S/C17H11NO5/c19-16(20)12-5-1-10(2-6-12)14-9-15(23-18-14)11-3-7-13(8-4-11)17(21)22/h1-9H,(H,19,20)(H,21,22). The maximum absolute atomic E-state index is 10.8. The van der Waals surface area contributed by atoms with Crippen LogP contribution in [0.4, 0.5) is 0 Å². The van der Waals surface area contributed by atoms with Gasteiger partial charge in [0.2, 0.25) is 0 Å². The lowest BCUT2D eigenvalue weighted by Gasteiger charge is -1.97. The van der Waals surface area contributed by atoms with Gasteiger partial charge < -0.3 is 14.7 Å². The number of nitrogens with zero attached hydrogens (tertiary/aromatic N) is 1. The summed E-state index contributed by atoms with van der Waals surface area (Å²) < 4.78 is 5.27. The quantitative estimate of drug-likeness (QED) is 0.766. The Labute approximate surface area is 130 Å². The molecule has 0 saturated carbocycles. The van der Waals surface area contributed by atoms with Crippen LogP contribution in [0.1, 0.15) is 20.7 Å². The Bertz CT molecular complexity index is 791. The summed E-state index contributed by atoms with van der Waals surface area (Å²) in [5.41, 5.74) is 2.39. The summed E-state index contributed by atoms with van der Waals surface area (Å²) in [5, 5.41) is 21.7. The highest BCUT2D eigenvalue weighted by molar-refractivity contribution is 5.89. The van der Waals surface area contributed by atoms with Gasteiger partial charge in [-0.05, 0) is 24.3 Å². The number of hydrogen-bond acceptors (Lipinski definition) is 4. The SMILES string of the molecule is O=C(O)c1ccc(-c2cc(-c3ccc(C(=O)O)cc3)on2)cc1. The maximum atomic E-state index is 10.8. The second-order valence-corrected chi connectivity index (χ2v) is 4.84. The summed E-state index contributed by atoms with van der Waals surface area (Å²) in [7, 11) is 0. The largest absolute Gasteiger partial charge is 0.478 e. The second-order valence-electron chi connectivity index (χ2n) is 4.84. The minimum atomic E-state index is -0.992. The van der Waals surface area contributed by atoms with E-state index in [1.807, 2.05) is 0 Å².